The van der Waals surface area contributed by atoms with Gasteiger partial charge in [-0.3, -0.25) is 9.78 Å². The highest BCUT2D eigenvalue weighted by molar-refractivity contribution is 6.08. The third-order valence-electron chi connectivity index (χ3n) is 4.05. The summed E-state index contributed by atoms with van der Waals surface area (Å²) in [5.41, 5.74) is 1.76. The van der Waals surface area contributed by atoms with Crippen molar-refractivity contribution < 1.29 is 9.90 Å². The smallest absolute Gasteiger partial charge is 0.336 e. The second-order valence-electron chi connectivity index (χ2n) is 5.46. The Balaban J connectivity index is 2.06. The van der Waals surface area contributed by atoms with Gasteiger partial charge in [-0.1, -0.05) is 36.4 Å². The summed E-state index contributed by atoms with van der Waals surface area (Å²) in [7, 11) is 0. The zero-order chi connectivity index (χ0) is 16.7. The molecular formula is C19H12N2O3. The second kappa shape index (κ2) is 5.31. The zero-order valence-corrected chi connectivity index (χ0v) is 12.5. The number of H-pyrrole nitrogens is 1. The number of carbonyl (C=O) groups is 1. The Bertz CT molecular complexity index is 1160. The molecule has 0 saturated carbocycles. The van der Waals surface area contributed by atoms with Crippen molar-refractivity contribution in [2.75, 3.05) is 0 Å². The molecule has 2 heterocycles. The number of fused-ring (bicyclic) bond motifs is 2. The van der Waals surface area contributed by atoms with Crippen molar-refractivity contribution in [3.8, 4) is 11.3 Å². The predicted octanol–water partition coefficient (Wildman–Crippen LogP) is 3.44. The Morgan fingerprint density at radius 2 is 1.79 bits per heavy atom. The van der Waals surface area contributed by atoms with Gasteiger partial charge in [-0.15, -0.1) is 0 Å². The Morgan fingerprint density at radius 1 is 1.00 bits per heavy atom. The first kappa shape index (κ1) is 14.1. The van der Waals surface area contributed by atoms with Crippen LogP contribution in [0.25, 0.3) is 32.9 Å². The minimum absolute atomic E-state index is 0.235. The summed E-state index contributed by atoms with van der Waals surface area (Å²) in [6.45, 7) is 0. The first-order valence-corrected chi connectivity index (χ1v) is 7.38. The molecule has 5 heteroatoms. The predicted molar refractivity (Wildman–Crippen MR) is 92.3 cm³/mol. The fraction of sp³-hybridized carbons (Fsp3) is 0. The van der Waals surface area contributed by atoms with E-state index in [2.05, 4.69) is 9.97 Å². The molecule has 4 rings (SSSR count). The second-order valence-corrected chi connectivity index (χ2v) is 5.46. The number of hydrogen-bond acceptors (Lipinski definition) is 3. The number of aromatic carboxylic acids is 1. The van der Waals surface area contributed by atoms with Gasteiger partial charge in [0.15, 0.2) is 0 Å². The number of pyridine rings is 2. The molecule has 0 bridgehead atoms. The van der Waals surface area contributed by atoms with Crippen LogP contribution in [0.5, 0.6) is 0 Å². The minimum atomic E-state index is -0.978. The lowest BCUT2D eigenvalue weighted by Crippen LogP contribution is -2.09. The minimum Gasteiger partial charge on any atom is -0.478 e. The van der Waals surface area contributed by atoms with Crippen LogP contribution < -0.4 is 5.56 Å². The van der Waals surface area contributed by atoms with E-state index in [1.807, 2.05) is 24.3 Å². The molecule has 5 nitrogen and oxygen atoms in total. The Kier molecular flexibility index (Phi) is 3.13. The van der Waals surface area contributed by atoms with Gasteiger partial charge < -0.3 is 10.1 Å². The number of rotatable bonds is 2. The average Bonchev–Trinajstić information content (AvgIpc) is 2.60. The highest BCUT2D eigenvalue weighted by Gasteiger charge is 2.13. The molecule has 2 aromatic heterocycles. The summed E-state index contributed by atoms with van der Waals surface area (Å²) in [5.74, 6) is -0.978. The first-order chi connectivity index (χ1) is 11.6. The molecule has 4 aromatic rings. The molecule has 0 spiro atoms. The van der Waals surface area contributed by atoms with Gasteiger partial charge in [-0.05, 0) is 29.0 Å². The van der Waals surface area contributed by atoms with Crippen LogP contribution in [0.3, 0.4) is 0 Å². The number of aromatic nitrogens is 2. The highest BCUT2D eigenvalue weighted by Crippen LogP contribution is 2.30. The van der Waals surface area contributed by atoms with Crippen molar-refractivity contribution in [3.05, 3.63) is 76.7 Å². The SMILES string of the molecule is O=C(O)c1ccc(-c2cc3cccnc3c(=O)[nH]2)c2ccccc12. The highest BCUT2D eigenvalue weighted by atomic mass is 16.4. The molecule has 0 aliphatic heterocycles. The lowest BCUT2D eigenvalue weighted by Gasteiger charge is -2.10. The molecule has 0 amide bonds. The van der Waals surface area contributed by atoms with E-state index in [-0.39, 0.29) is 11.1 Å². The van der Waals surface area contributed by atoms with Gasteiger partial charge in [0, 0.05) is 22.8 Å². The number of aromatic amines is 1. The lowest BCUT2D eigenvalue weighted by molar-refractivity contribution is 0.0699. The quantitative estimate of drug-likeness (QED) is 0.593. The van der Waals surface area contributed by atoms with Crippen LogP contribution in [0.2, 0.25) is 0 Å². The molecule has 0 saturated heterocycles. The van der Waals surface area contributed by atoms with E-state index in [1.165, 1.54) is 0 Å². The molecule has 2 N–H and O–H groups in total. The normalized spacial score (nSPS) is 11.0. The van der Waals surface area contributed by atoms with Crippen LogP contribution in [0.1, 0.15) is 10.4 Å². The summed E-state index contributed by atoms with van der Waals surface area (Å²) < 4.78 is 0. The third-order valence-corrected chi connectivity index (χ3v) is 4.05. The van der Waals surface area contributed by atoms with Crippen molar-refractivity contribution in [2.24, 2.45) is 0 Å². The van der Waals surface area contributed by atoms with Crippen molar-refractivity contribution in [1.29, 1.82) is 0 Å². The van der Waals surface area contributed by atoms with Gasteiger partial charge in [0.2, 0.25) is 0 Å². The van der Waals surface area contributed by atoms with Crippen LogP contribution in [0, 0.1) is 0 Å². The van der Waals surface area contributed by atoms with Gasteiger partial charge in [0.1, 0.15) is 5.52 Å². The monoisotopic (exact) mass is 316 g/mol. The standard InChI is InChI=1S/C19H12N2O3/c22-18-17-11(4-3-9-20-17)10-16(21-18)14-7-8-15(19(23)24)13-6-2-1-5-12(13)14/h1-10H,(H,21,22)(H,23,24). The van der Waals surface area contributed by atoms with E-state index in [4.69, 9.17) is 0 Å². The summed E-state index contributed by atoms with van der Waals surface area (Å²) in [6.07, 6.45) is 1.58. The van der Waals surface area contributed by atoms with Gasteiger partial charge in [-0.25, -0.2) is 4.79 Å². The van der Waals surface area contributed by atoms with Crippen molar-refractivity contribution in [1.82, 2.24) is 9.97 Å². The van der Waals surface area contributed by atoms with E-state index >= 15 is 0 Å². The third kappa shape index (κ3) is 2.14. The van der Waals surface area contributed by atoms with Crippen LogP contribution in [0.15, 0.2) is 65.6 Å². The van der Waals surface area contributed by atoms with E-state index in [9.17, 15) is 14.7 Å². The Morgan fingerprint density at radius 3 is 2.58 bits per heavy atom. The molecule has 0 aliphatic carbocycles. The van der Waals surface area contributed by atoms with Crippen molar-refractivity contribution >= 4 is 27.6 Å². The molecule has 0 radical (unpaired) electrons. The summed E-state index contributed by atoms with van der Waals surface area (Å²) in [5, 5.41) is 11.5. The van der Waals surface area contributed by atoms with Crippen molar-refractivity contribution in [2.45, 2.75) is 0 Å². The van der Waals surface area contributed by atoms with Crippen LogP contribution in [-0.2, 0) is 0 Å². The molecule has 116 valence electrons. The van der Waals surface area contributed by atoms with Gasteiger partial charge >= 0.3 is 5.97 Å². The maximum absolute atomic E-state index is 12.3. The van der Waals surface area contributed by atoms with Gasteiger partial charge in [-0.2, -0.15) is 0 Å². The number of carboxylic acid groups (broad SMARTS) is 1. The Hall–Kier alpha value is -3.47. The first-order valence-electron chi connectivity index (χ1n) is 7.38. The Labute approximate surface area is 136 Å². The maximum Gasteiger partial charge on any atom is 0.336 e. The number of benzene rings is 2. The van der Waals surface area contributed by atoms with Crippen LogP contribution in [-0.4, -0.2) is 21.0 Å². The number of nitrogens with one attached hydrogen (secondary N) is 1. The van der Waals surface area contributed by atoms with Crippen LogP contribution in [0.4, 0.5) is 0 Å². The molecule has 24 heavy (non-hydrogen) atoms. The molecular weight excluding hydrogens is 304 g/mol. The van der Waals surface area contributed by atoms with E-state index in [1.54, 1.807) is 36.5 Å². The molecule has 0 atom stereocenters. The lowest BCUT2D eigenvalue weighted by atomic mass is 9.97. The largest absolute Gasteiger partial charge is 0.478 e. The average molecular weight is 316 g/mol. The van der Waals surface area contributed by atoms with Crippen LogP contribution >= 0.6 is 0 Å². The van der Waals surface area contributed by atoms with E-state index in [0.29, 0.717) is 16.6 Å². The number of nitrogens with zero attached hydrogens (tertiary/aromatic N) is 1. The molecule has 2 aromatic carbocycles. The topological polar surface area (TPSA) is 83.0 Å². The maximum atomic E-state index is 12.3. The molecule has 0 unspecified atom stereocenters. The van der Waals surface area contributed by atoms with Crippen molar-refractivity contribution in [3.63, 3.8) is 0 Å². The summed E-state index contributed by atoms with van der Waals surface area (Å²) in [6, 6.07) is 16.0. The fourth-order valence-electron chi connectivity index (χ4n) is 2.96. The van der Waals surface area contributed by atoms with Gasteiger partial charge in [0.25, 0.3) is 5.56 Å². The summed E-state index contributed by atoms with van der Waals surface area (Å²) in [4.78, 5) is 30.6. The molecule has 0 fully saturated rings. The number of carboxylic acids is 1. The van der Waals surface area contributed by atoms with E-state index < -0.39 is 5.97 Å². The summed E-state index contributed by atoms with van der Waals surface area (Å²) >= 11 is 0. The fourth-order valence-corrected chi connectivity index (χ4v) is 2.96. The number of hydrogen-bond donors (Lipinski definition) is 2. The zero-order valence-electron chi connectivity index (χ0n) is 12.5. The van der Waals surface area contributed by atoms with Gasteiger partial charge in [0.05, 0.1) is 5.56 Å². The van der Waals surface area contributed by atoms with E-state index in [0.717, 1.165) is 16.3 Å². The molecule has 0 aliphatic rings.